The maximum Gasteiger partial charge on any atom is 0.0470 e. The van der Waals surface area contributed by atoms with Gasteiger partial charge in [0.15, 0.2) is 0 Å². The average molecular weight is 247 g/mol. The fourth-order valence-corrected chi connectivity index (χ4v) is 2.94. The highest BCUT2D eigenvalue weighted by molar-refractivity contribution is 5.19. The molecule has 0 amide bonds. The van der Waals surface area contributed by atoms with Crippen molar-refractivity contribution >= 4 is 0 Å². The summed E-state index contributed by atoms with van der Waals surface area (Å²) in [7, 11) is 4.42. The quantitative estimate of drug-likeness (QED) is 0.879. The number of hydrogen-bond donors (Lipinski definition) is 1. The Kier molecular flexibility index (Phi) is 4.75. The van der Waals surface area contributed by atoms with Crippen molar-refractivity contribution in [3.63, 3.8) is 0 Å². The first-order valence-corrected chi connectivity index (χ1v) is 6.88. The summed E-state index contributed by atoms with van der Waals surface area (Å²) in [5.41, 5.74) is 7.32. The topological polar surface area (TPSA) is 32.5 Å². The molecule has 0 radical (unpaired) electrons. The van der Waals surface area contributed by atoms with Crippen LogP contribution in [-0.4, -0.2) is 49.6 Å². The molecule has 1 aliphatic heterocycles. The van der Waals surface area contributed by atoms with Crippen LogP contribution >= 0.6 is 0 Å². The van der Waals surface area contributed by atoms with Gasteiger partial charge in [-0.1, -0.05) is 30.3 Å². The molecule has 1 saturated heterocycles. The molecule has 0 bridgehead atoms. The summed E-state index contributed by atoms with van der Waals surface area (Å²) < 4.78 is 0. The Hall–Kier alpha value is -0.900. The molecule has 0 aliphatic carbocycles. The number of piperidine rings is 1. The Balaban J connectivity index is 2.07. The van der Waals surface area contributed by atoms with Crippen molar-refractivity contribution < 1.29 is 0 Å². The lowest BCUT2D eigenvalue weighted by Crippen LogP contribution is -2.47. The smallest absolute Gasteiger partial charge is 0.0470 e. The summed E-state index contributed by atoms with van der Waals surface area (Å²) in [6.45, 7) is 3.06. The van der Waals surface area contributed by atoms with E-state index in [9.17, 15) is 0 Å². The van der Waals surface area contributed by atoms with Gasteiger partial charge in [-0.05, 0) is 39.0 Å². The van der Waals surface area contributed by atoms with Gasteiger partial charge >= 0.3 is 0 Å². The monoisotopic (exact) mass is 247 g/mol. The zero-order valence-electron chi connectivity index (χ0n) is 11.5. The van der Waals surface area contributed by atoms with E-state index in [0.29, 0.717) is 18.6 Å². The molecule has 1 heterocycles. The van der Waals surface area contributed by atoms with E-state index in [4.69, 9.17) is 5.73 Å². The minimum absolute atomic E-state index is 0.336. The Bertz CT molecular complexity index is 352. The van der Waals surface area contributed by atoms with Crippen LogP contribution in [0.1, 0.15) is 24.4 Å². The highest BCUT2D eigenvalue weighted by Gasteiger charge is 2.26. The summed E-state index contributed by atoms with van der Waals surface area (Å²) in [5, 5.41) is 0. The van der Waals surface area contributed by atoms with Crippen molar-refractivity contribution in [3.8, 4) is 0 Å². The van der Waals surface area contributed by atoms with E-state index in [-0.39, 0.29) is 0 Å². The van der Waals surface area contributed by atoms with Gasteiger partial charge in [-0.25, -0.2) is 0 Å². The van der Waals surface area contributed by atoms with Crippen molar-refractivity contribution in [1.29, 1.82) is 0 Å². The molecule has 1 aliphatic rings. The molecular weight excluding hydrogens is 222 g/mol. The van der Waals surface area contributed by atoms with Gasteiger partial charge in [0.2, 0.25) is 0 Å². The van der Waals surface area contributed by atoms with Crippen LogP contribution in [0.5, 0.6) is 0 Å². The molecule has 100 valence electrons. The van der Waals surface area contributed by atoms with Crippen LogP contribution in [0.4, 0.5) is 0 Å². The Labute approximate surface area is 111 Å². The number of likely N-dealkylation sites (N-methyl/N-ethyl adjacent to an activating group) is 2. The van der Waals surface area contributed by atoms with E-state index in [2.05, 4.69) is 54.2 Å². The first-order valence-electron chi connectivity index (χ1n) is 6.88. The zero-order chi connectivity index (χ0) is 13.0. The molecule has 0 saturated carbocycles. The van der Waals surface area contributed by atoms with Gasteiger partial charge in [0.25, 0.3) is 0 Å². The van der Waals surface area contributed by atoms with E-state index in [1.165, 1.54) is 24.9 Å². The van der Waals surface area contributed by atoms with Gasteiger partial charge in [-0.3, -0.25) is 4.90 Å². The van der Waals surface area contributed by atoms with Crippen LogP contribution in [-0.2, 0) is 0 Å². The third-order valence-corrected chi connectivity index (χ3v) is 4.07. The minimum atomic E-state index is 0.336. The van der Waals surface area contributed by atoms with E-state index in [0.717, 1.165) is 6.54 Å². The predicted octanol–water partition coefficient (Wildman–Crippen LogP) is 1.71. The third kappa shape index (κ3) is 3.10. The van der Waals surface area contributed by atoms with Crippen LogP contribution in [0.25, 0.3) is 0 Å². The summed E-state index contributed by atoms with van der Waals surface area (Å²) in [6.07, 6.45) is 2.57. The molecule has 0 aromatic heterocycles. The largest absolute Gasteiger partial charge is 0.329 e. The lowest BCUT2D eigenvalue weighted by molar-refractivity contribution is 0.101. The number of nitrogens with zero attached hydrogens (tertiary/aromatic N) is 2. The second-order valence-corrected chi connectivity index (χ2v) is 5.39. The maximum absolute atomic E-state index is 5.99. The molecule has 18 heavy (non-hydrogen) atoms. The van der Waals surface area contributed by atoms with Crippen molar-refractivity contribution in [1.82, 2.24) is 9.80 Å². The Morgan fingerprint density at radius 2 is 2.11 bits per heavy atom. The van der Waals surface area contributed by atoms with E-state index >= 15 is 0 Å². The van der Waals surface area contributed by atoms with Gasteiger partial charge in [0, 0.05) is 25.2 Å². The molecule has 2 atom stereocenters. The van der Waals surface area contributed by atoms with Crippen LogP contribution in [0.15, 0.2) is 30.3 Å². The second-order valence-electron chi connectivity index (χ2n) is 5.39. The first-order chi connectivity index (χ1) is 8.72. The summed E-state index contributed by atoms with van der Waals surface area (Å²) in [6, 6.07) is 11.6. The summed E-state index contributed by atoms with van der Waals surface area (Å²) >= 11 is 0. The molecule has 1 aromatic carbocycles. The van der Waals surface area contributed by atoms with Crippen LogP contribution < -0.4 is 5.73 Å². The molecular formula is C15H25N3. The van der Waals surface area contributed by atoms with Gasteiger partial charge in [-0.15, -0.1) is 0 Å². The Morgan fingerprint density at radius 3 is 2.72 bits per heavy atom. The number of rotatable bonds is 4. The summed E-state index contributed by atoms with van der Waals surface area (Å²) in [5.74, 6) is 0. The molecule has 2 N–H and O–H groups in total. The van der Waals surface area contributed by atoms with Gasteiger partial charge in [-0.2, -0.15) is 0 Å². The van der Waals surface area contributed by atoms with Crippen LogP contribution in [0, 0.1) is 0 Å². The molecule has 2 rings (SSSR count). The highest BCUT2D eigenvalue weighted by Crippen LogP contribution is 2.24. The van der Waals surface area contributed by atoms with Crippen LogP contribution in [0.2, 0.25) is 0 Å². The average Bonchev–Trinajstić information content (AvgIpc) is 2.41. The molecule has 3 heteroatoms. The lowest BCUT2D eigenvalue weighted by Gasteiger charge is -2.40. The molecule has 3 nitrogen and oxygen atoms in total. The van der Waals surface area contributed by atoms with Gasteiger partial charge in [0.05, 0.1) is 0 Å². The second kappa shape index (κ2) is 6.32. The zero-order valence-corrected chi connectivity index (χ0v) is 11.5. The molecule has 0 spiro atoms. The van der Waals surface area contributed by atoms with Gasteiger partial charge in [0.1, 0.15) is 0 Å². The number of nitrogens with two attached hydrogens (primary N) is 1. The standard InChI is InChI=1S/C15H25N3/c1-17-10-6-9-14(12-17)18(2)15(11-16)13-7-4-3-5-8-13/h3-5,7-8,14-15H,6,9-12,16H2,1-2H3. The third-order valence-electron chi connectivity index (χ3n) is 4.07. The van der Waals surface area contributed by atoms with Crippen molar-refractivity contribution in [3.05, 3.63) is 35.9 Å². The van der Waals surface area contributed by atoms with E-state index in [1.54, 1.807) is 0 Å². The molecule has 2 unspecified atom stereocenters. The lowest BCUT2D eigenvalue weighted by atomic mass is 9.99. The fourth-order valence-electron chi connectivity index (χ4n) is 2.94. The molecule has 1 aromatic rings. The molecule has 1 fully saturated rings. The first kappa shape index (κ1) is 13.5. The summed E-state index contributed by atoms with van der Waals surface area (Å²) in [4.78, 5) is 4.88. The van der Waals surface area contributed by atoms with Crippen molar-refractivity contribution in [2.75, 3.05) is 33.7 Å². The van der Waals surface area contributed by atoms with E-state index < -0.39 is 0 Å². The SMILES string of the molecule is CN1CCCC(N(C)C(CN)c2ccccc2)C1. The van der Waals surface area contributed by atoms with E-state index in [1.807, 2.05) is 0 Å². The van der Waals surface area contributed by atoms with Crippen molar-refractivity contribution in [2.45, 2.75) is 24.9 Å². The normalized spacial score (nSPS) is 23.2. The Morgan fingerprint density at radius 1 is 1.39 bits per heavy atom. The fraction of sp³-hybridized carbons (Fsp3) is 0.600. The minimum Gasteiger partial charge on any atom is -0.329 e. The van der Waals surface area contributed by atoms with Crippen LogP contribution in [0.3, 0.4) is 0 Å². The number of hydrogen-bond acceptors (Lipinski definition) is 3. The number of likely N-dealkylation sites (tertiary alicyclic amines) is 1. The number of benzene rings is 1. The maximum atomic E-state index is 5.99. The van der Waals surface area contributed by atoms with Crippen molar-refractivity contribution in [2.24, 2.45) is 5.73 Å². The highest BCUT2D eigenvalue weighted by atomic mass is 15.2. The van der Waals surface area contributed by atoms with Gasteiger partial charge < -0.3 is 10.6 Å². The predicted molar refractivity (Wildman–Crippen MR) is 76.5 cm³/mol.